The first kappa shape index (κ1) is 10.9. The number of hydrogen-bond donors (Lipinski definition) is 1. The summed E-state index contributed by atoms with van der Waals surface area (Å²) in [6, 6.07) is 3.78. The van der Waals surface area contributed by atoms with Gasteiger partial charge in [-0.1, -0.05) is 0 Å². The second-order valence-corrected chi connectivity index (χ2v) is 4.29. The standard InChI is InChI=1S/C12H13N5O/c18-8-17-6-2-4-10(17)12-14-11(15-16-12)9-3-1-5-13-7-9/h1,3,5,7-8,10H,2,4,6H2,(H,14,15,16). The monoisotopic (exact) mass is 243 g/mol. The number of hydrogen-bond acceptors (Lipinski definition) is 4. The lowest BCUT2D eigenvalue weighted by Crippen LogP contribution is -2.22. The summed E-state index contributed by atoms with van der Waals surface area (Å²) in [5, 5.41) is 7.10. The van der Waals surface area contributed by atoms with Crippen molar-refractivity contribution in [2.75, 3.05) is 6.54 Å². The molecular formula is C12H13N5O. The SMILES string of the molecule is O=CN1CCCC1c1nc(-c2cccnc2)n[nH]1. The minimum Gasteiger partial charge on any atom is -0.335 e. The maximum atomic E-state index is 10.9. The number of nitrogens with zero attached hydrogens (tertiary/aromatic N) is 4. The van der Waals surface area contributed by atoms with Crippen LogP contribution in [0.3, 0.4) is 0 Å². The van der Waals surface area contributed by atoms with Crippen LogP contribution in [0.5, 0.6) is 0 Å². The molecule has 1 aliphatic rings. The number of H-pyrrole nitrogens is 1. The molecule has 1 N–H and O–H groups in total. The zero-order valence-corrected chi connectivity index (χ0v) is 9.78. The van der Waals surface area contributed by atoms with E-state index in [4.69, 9.17) is 0 Å². The molecule has 1 fully saturated rings. The highest BCUT2D eigenvalue weighted by Gasteiger charge is 2.27. The van der Waals surface area contributed by atoms with Crippen LogP contribution in [0.15, 0.2) is 24.5 Å². The quantitative estimate of drug-likeness (QED) is 0.821. The molecule has 1 aliphatic heterocycles. The van der Waals surface area contributed by atoms with Crippen molar-refractivity contribution in [3.8, 4) is 11.4 Å². The lowest BCUT2D eigenvalue weighted by Gasteiger charge is -2.16. The minimum atomic E-state index is 0.0282. The fraction of sp³-hybridized carbons (Fsp3) is 0.333. The molecule has 18 heavy (non-hydrogen) atoms. The van der Waals surface area contributed by atoms with Crippen LogP contribution in [0.25, 0.3) is 11.4 Å². The molecule has 6 nitrogen and oxygen atoms in total. The molecule has 6 heteroatoms. The second-order valence-electron chi connectivity index (χ2n) is 4.29. The van der Waals surface area contributed by atoms with Crippen molar-refractivity contribution in [3.63, 3.8) is 0 Å². The predicted octanol–water partition coefficient (Wildman–Crippen LogP) is 1.16. The van der Waals surface area contributed by atoms with Gasteiger partial charge in [-0.2, -0.15) is 5.10 Å². The Hall–Kier alpha value is -2.24. The van der Waals surface area contributed by atoms with Crippen molar-refractivity contribution >= 4 is 6.41 Å². The van der Waals surface area contributed by atoms with Gasteiger partial charge in [-0.05, 0) is 25.0 Å². The zero-order chi connectivity index (χ0) is 12.4. The van der Waals surface area contributed by atoms with E-state index in [1.807, 2.05) is 12.1 Å². The Morgan fingerprint density at radius 2 is 2.44 bits per heavy atom. The van der Waals surface area contributed by atoms with E-state index < -0.39 is 0 Å². The smallest absolute Gasteiger partial charge is 0.210 e. The Morgan fingerprint density at radius 1 is 1.50 bits per heavy atom. The van der Waals surface area contributed by atoms with Crippen molar-refractivity contribution in [2.45, 2.75) is 18.9 Å². The highest BCUT2D eigenvalue weighted by atomic mass is 16.1. The van der Waals surface area contributed by atoms with Crippen LogP contribution in [0, 0.1) is 0 Å². The average Bonchev–Trinajstić information content (AvgIpc) is 3.08. The van der Waals surface area contributed by atoms with E-state index in [1.165, 1.54) is 0 Å². The van der Waals surface area contributed by atoms with Gasteiger partial charge in [0.2, 0.25) is 6.41 Å². The maximum absolute atomic E-state index is 10.9. The molecule has 3 rings (SSSR count). The number of carbonyl (C=O) groups is 1. The number of pyridine rings is 1. The van der Waals surface area contributed by atoms with E-state index in [0.29, 0.717) is 5.82 Å². The van der Waals surface area contributed by atoms with Gasteiger partial charge in [0.25, 0.3) is 0 Å². The number of carbonyl (C=O) groups excluding carboxylic acids is 1. The third kappa shape index (κ3) is 1.85. The van der Waals surface area contributed by atoms with E-state index in [1.54, 1.807) is 17.3 Å². The van der Waals surface area contributed by atoms with Gasteiger partial charge < -0.3 is 4.90 Å². The normalized spacial score (nSPS) is 19.1. The molecule has 1 saturated heterocycles. The molecule has 1 unspecified atom stereocenters. The Kier molecular flexibility index (Phi) is 2.76. The van der Waals surface area contributed by atoms with Crippen molar-refractivity contribution in [2.24, 2.45) is 0 Å². The summed E-state index contributed by atoms with van der Waals surface area (Å²) in [7, 11) is 0. The van der Waals surface area contributed by atoms with Crippen LogP contribution in [-0.4, -0.2) is 38.0 Å². The first-order valence-corrected chi connectivity index (χ1v) is 5.92. The molecule has 0 bridgehead atoms. The van der Waals surface area contributed by atoms with E-state index >= 15 is 0 Å². The Morgan fingerprint density at radius 3 is 3.22 bits per heavy atom. The Labute approximate surface area is 104 Å². The lowest BCUT2D eigenvalue weighted by atomic mass is 10.2. The first-order valence-electron chi connectivity index (χ1n) is 5.92. The first-order chi connectivity index (χ1) is 8.88. The van der Waals surface area contributed by atoms with Gasteiger partial charge >= 0.3 is 0 Å². The highest BCUT2D eigenvalue weighted by Crippen LogP contribution is 2.28. The molecule has 0 radical (unpaired) electrons. The number of aromatic amines is 1. The maximum Gasteiger partial charge on any atom is 0.210 e. The molecular weight excluding hydrogens is 230 g/mol. The fourth-order valence-corrected chi connectivity index (χ4v) is 2.26. The third-order valence-corrected chi connectivity index (χ3v) is 3.17. The molecule has 1 atom stereocenters. The van der Waals surface area contributed by atoms with Crippen LogP contribution in [0.2, 0.25) is 0 Å². The van der Waals surface area contributed by atoms with Crippen LogP contribution in [0.4, 0.5) is 0 Å². The van der Waals surface area contributed by atoms with Gasteiger partial charge in [-0.15, -0.1) is 0 Å². The Bertz CT molecular complexity index is 538. The molecule has 0 aromatic carbocycles. The van der Waals surface area contributed by atoms with Gasteiger partial charge in [0.05, 0.1) is 6.04 Å². The van der Waals surface area contributed by atoms with Crippen molar-refractivity contribution < 1.29 is 4.79 Å². The summed E-state index contributed by atoms with van der Waals surface area (Å²) in [5.74, 6) is 1.37. The number of nitrogens with one attached hydrogen (secondary N) is 1. The van der Waals surface area contributed by atoms with E-state index in [-0.39, 0.29) is 6.04 Å². The predicted molar refractivity (Wildman–Crippen MR) is 64.4 cm³/mol. The molecule has 2 aromatic rings. The number of likely N-dealkylation sites (tertiary alicyclic amines) is 1. The van der Waals surface area contributed by atoms with Gasteiger partial charge in [-0.25, -0.2) is 4.98 Å². The molecule has 92 valence electrons. The van der Waals surface area contributed by atoms with Gasteiger partial charge in [-0.3, -0.25) is 14.9 Å². The molecule has 0 spiro atoms. The highest BCUT2D eigenvalue weighted by molar-refractivity contribution is 5.53. The van der Waals surface area contributed by atoms with E-state index in [2.05, 4.69) is 20.2 Å². The van der Waals surface area contributed by atoms with Crippen LogP contribution in [-0.2, 0) is 4.79 Å². The molecule has 0 aliphatic carbocycles. The van der Waals surface area contributed by atoms with Crippen molar-refractivity contribution in [3.05, 3.63) is 30.4 Å². The topological polar surface area (TPSA) is 74.8 Å². The summed E-state index contributed by atoms with van der Waals surface area (Å²) < 4.78 is 0. The van der Waals surface area contributed by atoms with Gasteiger partial charge in [0.1, 0.15) is 5.82 Å². The summed E-state index contributed by atoms with van der Waals surface area (Å²) in [6.07, 6.45) is 6.25. The molecule has 2 aromatic heterocycles. The summed E-state index contributed by atoms with van der Waals surface area (Å²) >= 11 is 0. The number of aromatic nitrogens is 4. The van der Waals surface area contributed by atoms with E-state index in [0.717, 1.165) is 37.2 Å². The number of amides is 1. The average molecular weight is 243 g/mol. The molecule has 3 heterocycles. The van der Waals surface area contributed by atoms with Gasteiger partial charge in [0.15, 0.2) is 5.82 Å². The van der Waals surface area contributed by atoms with Crippen LogP contribution >= 0.6 is 0 Å². The summed E-state index contributed by atoms with van der Waals surface area (Å²) in [6.45, 7) is 0.789. The van der Waals surface area contributed by atoms with Crippen LogP contribution < -0.4 is 0 Å². The van der Waals surface area contributed by atoms with Crippen LogP contribution in [0.1, 0.15) is 24.7 Å². The third-order valence-electron chi connectivity index (χ3n) is 3.17. The van der Waals surface area contributed by atoms with Crippen molar-refractivity contribution in [1.82, 2.24) is 25.1 Å². The largest absolute Gasteiger partial charge is 0.335 e. The fourth-order valence-electron chi connectivity index (χ4n) is 2.26. The Balaban J connectivity index is 1.88. The summed E-state index contributed by atoms with van der Waals surface area (Å²) in [4.78, 5) is 21.2. The second kappa shape index (κ2) is 4.56. The zero-order valence-electron chi connectivity index (χ0n) is 9.78. The van der Waals surface area contributed by atoms with Gasteiger partial charge in [0, 0.05) is 24.5 Å². The lowest BCUT2D eigenvalue weighted by molar-refractivity contribution is -0.119. The molecule has 1 amide bonds. The summed E-state index contributed by atoms with van der Waals surface area (Å²) in [5.41, 5.74) is 0.871. The molecule has 0 saturated carbocycles. The minimum absolute atomic E-state index is 0.0282. The number of rotatable bonds is 3. The van der Waals surface area contributed by atoms with Crippen molar-refractivity contribution in [1.29, 1.82) is 0 Å². The van der Waals surface area contributed by atoms with E-state index in [9.17, 15) is 4.79 Å².